The third kappa shape index (κ3) is 4.22. The van der Waals surface area contributed by atoms with Crippen LogP contribution in [0.5, 0.6) is 11.5 Å². The Morgan fingerprint density at radius 1 is 1.07 bits per heavy atom. The summed E-state index contributed by atoms with van der Waals surface area (Å²) in [5.74, 6) is 0.373. The highest BCUT2D eigenvalue weighted by Gasteiger charge is 2.29. The number of hydrogen-bond acceptors (Lipinski definition) is 4. The molecular formula is C22H22F2N2O2. The first-order valence-electron chi connectivity index (χ1n) is 9.32. The van der Waals surface area contributed by atoms with Crippen LogP contribution in [0.4, 0.5) is 8.78 Å². The summed E-state index contributed by atoms with van der Waals surface area (Å²) in [5, 5.41) is 1.13. The van der Waals surface area contributed by atoms with Gasteiger partial charge in [-0.05, 0) is 42.2 Å². The summed E-state index contributed by atoms with van der Waals surface area (Å²) in [7, 11) is 1.46. The van der Waals surface area contributed by atoms with Crippen LogP contribution >= 0.6 is 0 Å². The normalized spacial score (nSPS) is 14.0. The minimum atomic E-state index is -2.87. The number of alkyl halides is 2. The van der Waals surface area contributed by atoms with Crippen molar-refractivity contribution < 1.29 is 18.3 Å². The molecule has 0 aliphatic heterocycles. The van der Waals surface area contributed by atoms with Crippen molar-refractivity contribution in [2.75, 3.05) is 7.11 Å². The first-order valence-corrected chi connectivity index (χ1v) is 9.32. The molecule has 4 nitrogen and oxygen atoms in total. The zero-order valence-electron chi connectivity index (χ0n) is 15.6. The number of pyridine rings is 1. The lowest BCUT2D eigenvalue weighted by Crippen LogP contribution is -2.25. The second-order valence-corrected chi connectivity index (χ2v) is 6.99. The fourth-order valence-electron chi connectivity index (χ4n) is 3.51. The van der Waals surface area contributed by atoms with E-state index in [1.165, 1.54) is 25.5 Å². The van der Waals surface area contributed by atoms with Gasteiger partial charge in [-0.25, -0.2) is 0 Å². The highest BCUT2D eigenvalue weighted by Crippen LogP contribution is 2.34. The second kappa shape index (κ2) is 8.10. The summed E-state index contributed by atoms with van der Waals surface area (Å²) in [6.45, 7) is -1.38. The Balaban J connectivity index is 1.56. The van der Waals surface area contributed by atoms with Gasteiger partial charge in [0.1, 0.15) is 0 Å². The molecule has 146 valence electrons. The Kier molecular flexibility index (Phi) is 5.39. The van der Waals surface area contributed by atoms with Gasteiger partial charge in [-0.2, -0.15) is 8.78 Å². The molecule has 0 amide bonds. The van der Waals surface area contributed by atoms with Gasteiger partial charge in [-0.15, -0.1) is 0 Å². The van der Waals surface area contributed by atoms with Gasteiger partial charge in [0.15, 0.2) is 11.5 Å². The summed E-state index contributed by atoms with van der Waals surface area (Å²) < 4.78 is 34.8. The molecule has 0 N–H and O–H groups in total. The third-order valence-electron chi connectivity index (χ3n) is 4.98. The number of nitrogens with zero attached hydrogens (tertiary/aromatic N) is 2. The molecule has 4 rings (SSSR count). The number of hydrogen-bond donors (Lipinski definition) is 0. The Morgan fingerprint density at radius 3 is 2.64 bits per heavy atom. The number of fused-ring (bicyclic) bond motifs is 1. The molecule has 3 aromatic rings. The van der Waals surface area contributed by atoms with Gasteiger partial charge >= 0.3 is 6.61 Å². The molecule has 28 heavy (non-hydrogen) atoms. The number of methoxy groups -OCH3 is 1. The van der Waals surface area contributed by atoms with Crippen LogP contribution in [0.3, 0.4) is 0 Å². The number of ether oxygens (including phenoxy) is 2. The monoisotopic (exact) mass is 384 g/mol. The molecule has 1 fully saturated rings. The molecule has 0 atom stereocenters. The smallest absolute Gasteiger partial charge is 0.387 e. The fraction of sp³-hybridized carbons (Fsp3) is 0.318. The maximum absolute atomic E-state index is 12.5. The maximum Gasteiger partial charge on any atom is 0.387 e. The number of para-hydroxylation sites is 1. The van der Waals surface area contributed by atoms with E-state index in [9.17, 15) is 8.78 Å². The summed E-state index contributed by atoms with van der Waals surface area (Å²) in [6.07, 6.45) is 4.16. The van der Waals surface area contributed by atoms with E-state index in [-0.39, 0.29) is 5.75 Å². The van der Waals surface area contributed by atoms with Gasteiger partial charge < -0.3 is 9.47 Å². The Bertz CT molecular complexity index is 955. The molecular weight excluding hydrogens is 362 g/mol. The van der Waals surface area contributed by atoms with Crippen LogP contribution < -0.4 is 9.47 Å². The summed E-state index contributed by atoms with van der Waals surface area (Å²) in [4.78, 5) is 6.96. The summed E-state index contributed by atoms with van der Waals surface area (Å²) in [6, 6.07) is 15.9. The molecule has 0 spiro atoms. The van der Waals surface area contributed by atoms with E-state index in [0.29, 0.717) is 18.3 Å². The molecule has 0 saturated heterocycles. The molecule has 1 saturated carbocycles. The number of benzene rings is 2. The molecule has 2 aromatic carbocycles. The lowest BCUT2D eigenvalue weighted by atomic mass is 10.1. The van der Waals surface area contributed by atoms with E-state index in [2.05, 4.69) is 38.9 Å². The molecule has 6 heteroatoms. The zero-order chi connectivity index (χ0) is 19.5. The summed E-state index contributed by atoms with van der Waals surface area (Å²) in [5.41, 5.74) is 3.21. The molecule has 0 unspecified atom stereocenters. The molecule has 1 aliphatic carbocycles. The van der Waals surface area contributed by atoms with Crippen LogP contribution in [-0.2, 0) is 13.1 Å². The largest absolute Gasteiger partial charge is 0.493 e. The number of halogens is 2. The van der Waals surface area contributed by atoms with Crippen molar-refractivity contribution in [1.82, 2.24) is 9.88 Å². The van der Waals surface area contributed by atoms with Crippen LogP contribution in [0.2, 0.25) is 0 Å². The van der Waals surface area contributed by atoms with E-state index in [4.69, 9.17) is 4.74 Å². The van der Waals surface area contributed by atoms with Crippen LogP contribution in [-0.4, -0.2) is 29.6 Å². The average molecular weight is 384 g/mol. The van der Waals surface area contributed by atoms with Crippen LogP contribution in [0.25, 0.3) is 10.9 Å². The average Bonchev–Trinajstić information content (AvgIpc) is 3.54. The predicted molar refractivity (Wildman–Crippen MR) is 104 cm³/mol. The number of rotatable bonds is 8. The zero-order valence-corrected chi connectivity index (χ0v) is 15.6. The van der Waals surface area contributed by atoms with Crippen molar-refractivity contribution >= 4 is 10.9 Å². The topological polar surface area (TPSA) is 34.6 Å². The quantitative estimate of drug-likeness (QED) is 0.547. The Hall–Kier alpha value is -2.73. The Morgan fingerprint density at radius 2 is 1.89 bits per heavy atom. The Labute approximate surface area is 162 Å². The van der Waals surface area contributed by atoms with E-state index in [1.807, 2.05) is 18.3 Å². The van der Waals surface area contributed by atoms with Crippen molar-refractivity contribution in [2.45, 2.75) is 38.6 Å². The van der Waals surface area contributed by atoms with Crippen LogP contribution in [0.1, 0.15) is 24.0 Å². The van der Waals surface area contributed by atoms with E-state index >= 15 is 0 Å². The lowest BCUT2D eigenvalue weighted by Gasteiger charge is -2.23. The fourth-order valence-corrected chi connectivity index (χ4v) is 3.51. The minimum Gasteiger partial charge on any atom is -0.493 e. The van der Waals surface area contributed by atoms with Crippen LogP contribution in [0, 0.1) is 0 Å². The number of aromatic nitrogens is 1. The van der Waals surface area contributed by atoms with Gasteiger partial charge in [0, 0.05) is 30.7 Å². The third-order valence-corrected chi connectivity index (χ3v) is 4.98. The van der Waals surface area contributed by atoms with Crippen molar-refractivity contribution in [3.63, 3.8) is 0 Å². The van der Waals surface area contributed by atoms with E-state index in [0.717, 1.165) is 23.0 Å². The summed E-state index contributed by atoms with van der Waals surface area (Å²) >= 11 is 0. The molecule has 1 aliphatic rings. The van der Waals surface area contributed by atoms with E-state index < -0.39 is 6.61 Å². The highest BCUT2D eigenvalue weighted by atomic mass is 19.3. The van der Waals surface area contributed by atoms with Crippen molar-refractivity contribution in [3.05, 3.63) is 65.9 Å². The molecule has 1 aromatic heterocycles. The van der Waals surface area contributed by atoms with Gasteiger partial charge in [0.25, 0.3) is 0 Å². The van der Waals surface area contributed by atoms with E-state index in [1.54, 1.807) is 12.1 Å². The van der Waals surface area contributed by atoms with Crippen molar-refractivity contribution in [1.29, 1.82) is 0 Å². The van der Waals surface area contributed by atoms with Crippen LogP contribution in [0.15, 0.2) is 54.7 Å². The van der Waals surface area contributed by atoms with Crippen molar-refractivity contribution in [3.8, 4) is 11.5 Å². The minimum absolute atomic E-state index is 0.0532. The molecule has 0 radical (unpaired) electrons. The lowest BCUT2D eigenvalue weighted by molar-refractivity contribution is -0.0512. The van der Waals surface area contributed by atoms with Gasteiger partial charge in [-0.1, -0.05) is 30.3 Å². The second-order valence-electron chi connectivity index (χ2n) is 6.99. The SMILES string of the molecule is COc1cc(CN(Cc2cccc3cccnc23)C2CC2)ccc1OC(F)F. The standard InChI is InChI=1S/C22H22F2N2O2/c1-27-20-12-15(7-10-19(20)28-22(23)24)13-26(18-8-9-18)14-17-5-2-4-16-6-3-11-25-21(16)17/h2-7,10-12,18,22H,8-9,13-14H2,1H3. The first-order chi connectivity index (χ1) is 13.6. The van der Waals surface area contributed by atoms with Crippen molar-refractivity contribution in [2.24, 2.45) is 0 Å². The van der Waals surface area contributed by atoms with Gasteiger partial charge in [0.05, 0.1) is 12.6 Å². The van der Waals surface area contributed by atoms with Gasteiger partial charge in [0.2, 0.25) is 0 Å². The highest BCUT2D eigenvalue weighted by molar-refractivity contribution is 5.81. The maximum atomic E-state index is 12.5. The molecule has 1 heterocycles. The first kappa shape index (κ1) is 18.6. The van der Waals surface area contributed by atoms with Gasteiger partial charge in [-0.3, -0.25) is 9.88 Å². The molecule has 0 bridgehead atoms. The predicted octanol–water partition coefficient (Wildman–Crippen LogP) is 5.01.